The maximum atomic E-state index is 12.9. The standard InChI is InChI=1S/C16H19N5O10S/c17-9(16(26)27)2-4-13(22)18-10(7-32)15(25)19(6-14(23)24)11-3-1-8(20(28)29)5-12(11)21(30)31/h1,3,5,9-10,32H,2,4,6-7,17H2,(H,18,22)(H,23,24)(H,26,27)/t9?,10-/m1/s1. The van der Waals surface area contributed by atoms with E-state index in [1.807, 2.05) is 0 Å². The number of thiol groups is 1. The third-order valence-corrected chi connectivity index (χ3v) is 4.40. The summed E-state index contributed by atoms with van der Waals surface area (Å²) in [4.78, 5) is 67.8. The van der Waals surface area contributed by atoms with Crippen molar-refractivity contribution in [1.82, 2.24) is 5.32 Å². The van der Waals surface area contributed by atoms with Crippen LogP contribution in [0.15, 0.2) is 18.2 Å². The highest BCUT2D eigenvalue weighted by molar-refractivity contribution is 7.80. The lowest BCUT2D eigenvalue weighted by atomic mass is 10.1. The average molecular weight is 473 g/mol. The lowest BCUT2D eigenvalue weighted by Crippen LogP contribution is -2.51. The van der Waals surface area contributed by atoms with Gasteiger partial charge in [-0.1, -0.05) is 0 Å². The molecule has 1 unspecified atom stereocenters. The Morgan fingerprint density at radius 1 is 1.16 bits per heavy atom. The molecule has 2 amide bonds. The summed E-state index contributed by atoms with van der Waals surface area (Å²) in [5.74, 6) is -5.11. The van der Waals surface area contributed by atoms with Crippen molar-refractivity contribution < 1.29 is 39.2 Å². The minimum absolute atomic E-state index is 0.249. The second kappa shape index (κ2) is 11.6. The third-order valence-electron chi connectivity index (χ3n) is 4.03. The van der Waals surface area contributed by atoms with E-state index in [0.29, 0.717) is 11.0 Å². The number of carboxylic acids is 2. The first kappa shape index (κ1) is 26.2. The summed E-state index contributed by atoms with van der Waals surface area (Å²) >= 11 is 3.93. The number of benzene rings is 1. The van der Waals surface area contributed by atoms with Crippen LogP contribution in [0.5, 0.6) is 0 Å². The molecule has 0 radical (unpaired) electrons. The molecule has 15 nitrogen and oxygen atoms in total. The number of carbonyl (C=O) groups excluding carboxylic acids is 2. The van der Waals surface area contributed by atoms with Crippen LogP contribution in [0.25, 0.3) is 0 Å². The molecule has 1 aromatic rings. The Hall–Kier alpha value is -3.79. The number of nitrogens with one attached hydrogen (secondary N) is 1. The molecule has 0 aromatic heterocycles. The number of nitro groups is 2. The van der Waals surface area contributed by atoms with E-state index in [4.69, 9.17) is 15.9 Å². The smallest absolute Gasteiger partial charge is 0.323 e. The normalized spacial score (nSPS) is 12.3. The Morgan fingerprint density at radius 2 is 1.78 bits per heavy atom. The van der Waals surface area contributed by atoms with E-state index in [1.165, 1.54) is 0 Å². The van der Waals surface area contributed by atoms with E-state index in [9.17, 15) is 39.4 Å². The molecule has 174 valence electrons. The molecule has 32 heavy (non-hydrogen) atoms. The molecule has 5 N–H and O–H groups in total. The molecule has 0 fully saturated rings. The Labute approximate surface area is 184 Å². The van der Waals surface area contributed by atoms with E-state index in [0.717, 1.165) is 12.1 Å². The van der Waals surface area contributed by atoms with Crippen LogP contribution in [0, 0.1) is 20.2 Å². The van der Waals surface area contributed by atoms with Gasteiger partial charge in [-0.2, -0.15) is 12.6 Å². The van der Waals surface area contributed by atoms with E-state index >= 15 is 0 Å². The second-order valence-corrected chi connectivity index (χ2v) is 6.66. The van der Waals surface area contributed by atoms with E-state index in [-0.39, 0.29) is 18.6 Å². The monoisotopic (exact) mass is 473 g/mol. The van der Waals surface area contributed by atoms with Crippen molar-refractivity contribution in [2.45, 2.75) is 24.9 Å². The quantitative estimate of drug-likeness (QED) is 0.148. The van der Waals surface area contributed by atoms with Crippen LogP contribution in [0.1, 0.15) is 12.8 Å². The number of nitro benzene ring substituents is 2. The van der Waals surface area contributed by atoms with Gasteiger partial charge in [0.25, 0.3) is 17.3 Å². The lowest BCUT2D eigenvalue weighted by Gasteiger charge is -2.25. The molecule has 1 aromatic carbocycles. The van der Waals surface area contributed by atoms with Gasteiger partial charge in [-0.3, -0.25) is 44.3 Å². The summed E-state index contributed by atoms with van der Waals surface area (Å²) in [5.41, 5.74) is 3.21. The van der Waals surface area contributed by atoms with Gasteiger partial charge in [0.15, 0.2) is 0 Å². The Morgan fingerprint density at radius 3 is 2.25 bits per heavy atom. The van der Waals surface area contributed by atoms with Gasteiger partial charge in [-0.15, -0.1) is 0 Å². The molecule has 1 rings (SSSR count). The first-order valence-corrected chi connectivity index (χ1v) is 9.36. The number of carboxylic acid groups (broad SMARTS) is 2. The van der Waals surface area contributed by atoms with Gasteiger partial charge in [-0.05, 0) is 12.5 Å². The Bertz CT molecular complexity index is 940. The van der Waals surface area contributed by atoms with Crippen molar-refractivity contribution in [2.75, 3.05) is 17.2 Å². The van der Waals surface area contributed by atoms with Gasteiger partial charge in [0, 0.05) is 18.2 Å². The van der Waals surface area contributed by atoms with Crippen molar-refractivity contribution in [3.63, 3.8) is 0 Å². The fourth-order valence-corrected chi connectivity index (χ4v) is 2.71. The Balaban J connectivity index is 3.23. The number of hydrogen-bond acceptors (Lipinski definition) is 10. The topological polar surface area (TPSA) is 236 Å². The number of anilines is 1. The molecule has 16 heteroatoms. The average Bonchev–Trinajstić information content (AvgIpc) is 2.72. The number of hydrogen-bond donors (Lipinski definition) is 5. The van der Waals surface area contributed by atoms with Crippen molar-refractivity contribution in [2.24, 2.45) is 5.73 Å². The third kappa shape index (κ3) is 7.17. The van der Waals surface area contributed by atoms with Crippen LogP contribution >= 0.6 is 12.6 Å². The van der Waals surface area contributed by atoms with Gasteiger partial charge < -0.3 is 21.3 Å². The Kier molecular flexibility index (Phi) is 9.48. The highest BCUT2D eigenvalue weighted by Gasteiger charge is 2.33. The number of amides is 2. The zero-order valence-corrected chi connectivity index (χ0v) is 17.1. The molecule has 0 bridgehead atoms. The maximum Gasteiger partial charge on any atom is 0.323 e. The summed E-state index contributed by atoms with van der Waals surface area (Å²) in [7, 11) is 0. The van der Waals surface area contributed by atoms with Crippen LogP contribution in [-0.2, 0) is 19.2 Å². The number of carbonyl (C=O) groups is 4. The molecule has 0 saturated heterocycles. The first-order chi connectivity index (χ1) is 14.9. The van der Waals surface area contributed by atoms with Crippen molar-refractivity contribution in [3.8, 4) is 0 Å². The van der Waals surface area contributed by atoms with Crippen molar-refractivity contribution in [1.29, 1.82) is 0 Å². The zero-order chi connectivity index (χ0) is 24.6. The largest absolute Gasteiger partial charge is 0.480 e. The number of rotatable bonds is 12. The minimum atomic E-state index is -1.55. The summed E-state index contributed by atoms with van der Waals surface area (Å²) < 4.78 is 0. The van der Waals surface area contributed by atoms with Crippen molar-refractivity contribution in [3.05, 3.63) is 38.4 Å². The fraction of sp³-hybridized carbons (Fsp3) is 0.375. The lowest BCUT2D eigenvalue weighted by molar-refractivity contribution is -0.393. The summed E-state index contributed by atoms with van der Waals surface area (Å²) in [6.07, 6.45) is -0.622. The zero-order valence-electron chi connectivity index (χ0n) is 16.2. The van der Waals surface area contributed by atoms with Gasteiger partial charge in [0.1, 0.15) is 24.3 Å². The van der Waals surface area contributed by atoms with Crippen LogP contribution in [0.3, 0.4) is 0 Å². The molecule has 0 aliphatic carbocycles. The summed E-state index contributed by atoms with van der Waals surface area (Å²) in [6, 6.07) is -0.496. The van der Waals surface area contributed by atoms with E-state index < -0.39 is 69.3 Å². The molecule has 0 heterocycles. The van der Waals surface area contributed by atoms with Crippen LogP contribution in [-0.4, -0.2) is 68.2 Å². The van der Waals surface area contributed by atoms with E-state index in [2.05, 4.69) is 17.9 Å². The number of aliphatic carboxylic acids is 2. The predicted octanol–water partition coefficient (Wildman–Crippen LogP) is -0.473. The summed E-state index contributed by atoms with van der Waals surface area (Å²) in [5, 5.41) is 42.4. The first-order valence-electron chi connectivity index (χ1n) is 8.73. The number of nitrogens with two attached hydrogens (primary N) is 1. The second-order valence-electron chi connectivity index (χ2n) is 6.29. The molecule has 0 aliphatic heterocycles. The minimum Gasteiger partial charge on any atom is -0.480 e. The van der Waals surface area contributed by atoms with E-state index in [1.54, 1.807) is 0 Å². The van der Waals surface area contributed by atoms with Crippen molar-refractivity contribution >= 4 is 53.4 Å². The van der Waals surface area contributed by atoms with Gasteiger partial charge in [0.2, 0.25) is 5.91 Å². The molecular weight excluding hydrogens is 454 g/mol. The summed E-state index contributed by atoms with van der Waals surface area (Å²) in [6.45, 7) is -1.05. The predicted molar refractivity (Wildman–Crippen MR) is 110 cm³/mol. The van der Waals surface area contributed by atoms with Gasteiger partial charge in [-0.25, -0.2) is 0 Å². The van der Waals surface area contributed by atoms with Gasteiger partial charge in [0.05, 0.1) is 15.9 Å². The van der Waals surface area contributed by atoms with Crippen LogP contribution in [0.4, 0.5) is 17.1 Å². The highest BCUT2D eigenvalue weighted by atomic mass is 32.1. The maximum absolute atomic E-state index is 12.9. The number of nitrogens with zero attached hydrogens (tertiary/aromatic N) is 3. The van der Waals surface area contributed by atoms with Crippen LogP contribution in [0.2, 0.25) is 0 Å². The van der Waals surface area contributed by atoms with Crippen LogP contribution < -0.4 is 16.0 Å². The molecule has 0 spiro atoms. The fourth-order valence-electron chi connectivity index (χ4n) is 2.47. The molecule has 0 saturated carbocycles. The molecular formula is C16H19N5O10S. The highest BCUT2D eigenvalue weighted by Crippen LogP contribution is 2.32. The van der Waals surface area contributed by atoms with Gasteiger partial charge >= 0.3 is 11.9 Å². The molecule has 2 atom stereocenters. The SMILES string of the molecule is NC(CCC(=O)N[C@H](CS)C(=O)N(CC(=O)O)c1ccc([N+](=O)[O-])cc1[N+](=O)[O-])C(=O)O. The number of non-ortho nitro benzene ring substituents is 1. The molecule has 0 aliphatic rings.